The molecular formula is C16H29ClN2O4. The lowest BCUT2D eigenvalue weighted by atomic mass is 10.1. The number of piperidine rings is 1. The molecule has 3 saturated heterocycles. The molecule has 0 spiro atoms. The SMILES string of the molecule is Cl.O=C(C1CNCCO1)N1CCC(OCC2CCCCO2)CC1. The molecule has 0 radical (unpaired) electrons. The van der Waals surface area contributed by atoms with E-state index in [2.05, 4.69) is 5.32 Å². The predicted molar refractivity (Wildman–Crippen MR) is 89.0 cm³/mol. The first kappa shape index (κ1) is 18.9. The Kier molecular flexibility index (Phi) is 8.06. The molecular weight excluding hydrogens is 320 g/mol. The van der Waals surface area contributed by atoms with Crippen LogP contribution in [-0.4, -0.2) is 75.1 Å². The van der Waals surface area contributed by atoms with Crippen molar-refractivity contribution in [3.05, 3.63) is 0 Å². The van der Waals surface area contributed by atoms with E-state index in [-0.39, 0.29) is 36.6 Å². The number of rotatable bonds is 4. The maximum atomic E-state index is 12.4. The Bertz CT molecular complexity index is 352. The zero-order valence-electron chi connectivity index (χ0n) is 13.7. The topological polar surface area (TPSA) is 60.0 Å². The highest BCUT2D eigenvalue weighted by atomic mass is 35.5. The Morgan fingerprint density at radius 1 is 1.13 bits per heavy atom. The van der Waals surface area contributed by atoms with Crippen molar-refractivity contribution in [3.8, 4) is 0 Å². The van der Waals surface area contributed by atoms with E-state index >= 15 is 0 Å². The van der Waals surface area contributed by atoms with Gasteiger partial charge >= 0.3 is 0 Å². The Balaban J connectivity index is 0.00000192. The van der Waals surface area contributed by atoms with E-state index < -0.39 is 0 Å². The van der Waals surface area contributed by atoms with Crippen molar-refractivity contribution in [1.82, 2.24) is 10.2 Å². The van der Waals surface area contributed by atoms with E-state index in [1.807, 2.05) is 4.90 Å². The molecule has 3 aliphatic heterocycles. The van der Waals surface area contributed by atoms with Gasteiger partial charge in [-0.1, -0.05) is 0 Å². The van der Waals surface area contributed by atoms with Gasteiger partial charge in [-0.3, -0.25) is 4.79 Å². The third-order valence-electron chi connectivity index (χ3n) is 4.75. The van der Waals surface area contributed by atoms with Crippen LogP contribution in [0, 0.1) is 0 Å². The molecule has 0 aliphatic carbocycles. The van der Waals surface area contributed by atoms with Crippen LogP contribution in [0.2, 0.25) is 0 Å². The van der Waals surface area contributed by atoms with Crippen LogP contribution in [0.3, 0.4) is 0 Å². The Hall–Kier alpha value is -0.400. The fourth-order valence-electron chi connectivity index (χ4n) is 3.35. The maximum Gasteiger partial charge on any atom is 0.253 e. The lowest BCUT2D eigenvalue weighted by Gasteiger charge is -2.35. The average molecular weight is 349 g/mol. The van der Waals surface area contributed by atoms with E-state index in [9.17, 15) is 4.79 Å². The van der Waals surface area contributed by atoms with Crippen molar-refractivity contribution in [2.24, 2.45) is 0 Å². The number of likely N-dealkylation sites (tertiary alicyclic amines) is 1. The molecule has 0 aromatic carbocycles. The van der Waals surface area contributed by atoms with Crippen molar-refractivity contribution in [2.45, 2.75) is 50.4 Å². The van der Waals surface area contributed by atoms with Gasteiger partial charge in [-0.05, 0) is 32.1 Å². The number of hydrogen-bond acceptors (Lipinski definition) is 5. The first-order valence-electron chi connectivity index (χ1n) is 8.67. The second-order valence-corrected chi connectivity index (χ2v) is 6.41. The fourth-order valence-corrected chi connectivity index (χ4v) is 3.35. The summed E-state index contributed by atoms with van der Waals surface area (Å²) in [5.41, 5.74) is 0. The van der Waals surface area contributed by atoms with Crippen LogP contribution in [0.4, 0.5) is 0 Å². The summed E-state index contributed by atoms with van der Waals surface area (Å²) in [4.78, 5) is 14.3. The van der Waals surface area contributed by atoms with Crippen LogP contribution in [-0.2, 0) is 19.0 Å². The Morgan fingerprint density at radius 2 is 1.96 bits per heavy atom. The van der Waals surface area contributed by atoms with Gasteiger partial charge in [0.05, 0.1) is 25.4 Å². The smallest absolute Gasteiger partial charge is 0.253 e. The second-order valence-electron chi connectivity index (χ2n) is 6.41. The maximum absolute atomic E-state index is 12.4. The molecule has 3 rings (SSSR count). The van der Waals surface area contributed by atoms with Gasteiger partial charge in [0.1, 0.15) is 6.10 Å². The van der Waals surface area contributed by atoms with Crippen LogP contribution >= 0.6 is 12.4 Å². The second kappa shape index (κ2) is 9.79. The van der Waals surface area contributed by atoms with Crippen LogP contribution in [0.15, 0.2) is 0 Å². The fraction of sp³-hybridized carbons (Fsp3) is 0.938. The number of carbonyl (C=O) groups is 1. The number of halogens is 1. The van der Waals surface area contributed by atoms with Gasteiger partial charge < -0.3 is 24.4 Å². The molecule has 0 aromatic heterocycles. The molecule has 0 saturated carbocycles. The lowest BCUT2D eigenvalue weighted by Crippen LogP contribution is -2.52. The summed E-state index contributed by atoms with van der Waals surface area (Å²) in [6.07, 6.45) is 5.60. The van der Waals surface area contributed by atoms with Gasteiger partial charge in [0, 0.05) is 32.8 Å². The number of nitrogens with one attached hydrogen (secondary N) is 1. The van der Waals surface area contributed by atoms with Gasteiger partial charge in [-0.2, -0.15) is 0 Å². The van der Waals surface area contributed by atoms with Gasteiger partial charge in [0.2, 0.25) is 0 Å². The standard InChI is InChI=1S/C16H28N2O4.ClH/c19-16(15-11-17-6-10-21-15)18-7-4-13(5-8-18)22-12-14-3-1-2-9-20-14;/h13-15,17H,1-12H2;1H. The summed E-state index contributed by atoms with van der Waals surface area (Å²) < 4.78 is 17.2. The van der Waals surface area contributed by atoms with E-state index in [0.717, 1.165) is 45.5 Å². The highest BCUT2D eigenvalue weighted by Gasteiger charge is 2.30. The molecule has 0 aromatic rings. The number of morpholine rings is 1. The number of ether oxygens (including phenoxy) is 3. The van der Waals surface area contributed by atoms with Crippen LogP contribution in [0.5, 0.6) is 0 Å². The first-order valence-corrected chi connectivity index (χ1v) is 8.67. The molecule has 3 heterocycles. The van der Waals surface area contributed by atoms with Crippen molar-refractivity contribution >= 4 is 18.3 Å². The molecule has 1 amide bonds. The van der Waals surface area contributed by atoms with Crippen LogP contribution < -0.4 is 5.32 Å². The summed E-state index contributed by atoms with van der Waals surface area (Å²) in [5.74, 6) is 0.126. The minimum Gasteiger partial charge on any atom is -0.376 e. The third-order valence-corrected chi connectivity index (χ3v) is 4.75. The van der Waals surface area contributed by atoms with Gasteiger partial charge in [0.25, 0.3) is 5.91 Å². The molecule has 2 unspecified atom stereocenters. The summed E-state index contributed by atoms with van der Waals surface area (Å²) in [6.45, 7) is 5.21. The number of nitrogens with zero attached hydrogens (tertiary/aromatic N) is 1. The summed E-state index contributed by atoms with van der Waals surface area (Å²) >= 11 is 0. The molecule has 2 atom stereocenters. The van der Waals surface area contributed by atoms with Crippen LogP contribution in [0.25, 0.3) is 0 Å². The lowest BCUT2D eigenvalue weighted by molar-refractivity contribution is -0.148. The zero-order chi connectivity index (χ0) is 15.2. The molecule has 3 aliphatic rings. The summed E-state index contributed by atoms with van der Waals surface area (Å²) in [5, 5.41) is 3.21. The number of amides is 1. The molecule has 0 bridgehead atoms. The Morgan fingerprint density at radius 3 is 2.61 bits per heavy atom. The van der Waals surface area contributed by atoms with E-state index in [1.54, 1.807) is 0 Å². The van der Waals surface area contributed by atoms with Gasteiger partial charge in [-0.15, -0.1) is 12.4 Å². The molecule has 3 fully saturated rings. The first-order chi connectivity index (χ1) is 10.8. The van der Waals surface area contributed by atoms with Gasteiger partial charge in [0.15, 0.2) is 0 Å². The molecule has 7 heteroatoms. The summed E-state index contributed by atoms with van der Waals surface area (Å²) in [6, 6.07) is 0. The normalized spacial score (nSPS) is 29.8. The quantitative estimate of drug-likeness (QED) is 0.820. The number of hydrogen-bond donors (Lipinski definition) is 1. The molecule has 23 heavy (non-hydrogen) atoms. The average Bonchev–Trinajstić information content (AvgIpc) is 2.61. The molecule has 134 valence electrons. The van der Waals surface area contributed by atoms with Crippen molar-refractivity contribution in [2.75, 3.05) is 46.0 Å². The Labute approximate surface area is 144 Å². The van der Waals surface area contributed by atoms with Crippen molar-refractivity contribution in [1.29, 1.82) is 0 Å². The van der Waals surface area contributed by atoms with E-state index in [0.29, 0.717) is 19.8 Å². The third kappa shape index (κ3) is 5.57. The monoisotopic (exact) mass is 348 g/mol. The number of carbonyl (C=O) groups excluding carboxylic acids is 1. The largest absolute Gasteiger partial charge is 0.376 e. The van der Waals surface area contributed by atoms with Crippen molar-refractivity contribution < 1.29 is 19.0 Å². The molecule has 6 nitrogen and oxygen atoms in total. The highest BCUT2D eigenvalue weighted by molar-refractivity contribution is 5.85. The summed E-state index contributed by atoms with van der Waals surface area (Å²) in [7, 11) is 0. The van der Waals surface area contributed by atoms with Crippen LogP contribution in [0.1, 0.15) is 32.1 Å². The van der Waals surface area contributed by atoms with E-state index in [1.165, 1.54) is 12.8 Å². The zero-order valence-corrected chi connectivity index (χ0v) is 14.5. The van der Waals surface area contributed by atoms with Gasteiger partial charge in [-0.25, -0.2) is 0 Å². The predicted octanol–water partition coefficient (Wildman–Crippen LogP) is 0.973. The van der Waals surface area contributed by atoms with E-state index in [4.69, 9.17) is 14.2 Å². The molecule has 1 N–H and O–H groups in total. The highest BCUT2D eigenvalue weighted by Crippen LogP contribution is 2.18. The minimum atomic E-state index is -0.304. The minimum absolute atomic E-state index is 0. The van der Waals surface area contributed by atoms with Crippen molar-refractivity contribution in [3.63, 3.8) is 0 Å².